The first-order chi connectivity index (χ1) is 31.3. The van der Waals surface area contributed by atoms with E-state index in [9.17, 15) is 24.3 Å². The molecule has 0 radical (unpaired) electrons. The molecule has 4 N–H and O–H groups in total. The summed E-state index contributed by atoms with van der Waals surface area (Å²) in [5.41, 5.74) is 0. The summed E-state index contributed by atoms with van der Waals surface area (Å²) in [6.45, 7) is 4.16. The molecule has 0 aliphatic carbocycles. The summed E-state index contributed by atoms with van der Waals surface area (Å²) < 4.78 is 16.0. The molecule has 384 valence electrons. The number of carbonyl (C=O) groups is 1. The lowest BCUT2D eigenvalue weighted by molar-refractivity contribution is -0.123. The molecule has 0 aliphatic rings. The first-order valence-corrected chi connectivity index (χ1v) is 30.5. The van der Waals surface area contributed by atoms with Crippen molar-refractivity contribution < 1.29 is 28.8 Å². The van der Waals surface area contributed by atoms with E-state index in [0.29, 0.717) is 12.8 Å². The first kappa shape index (κ1) is 63.5. The van der Waals surface area contributed by atoms with E-state index < -0.39 is 26.6 Å². The minimum absolute atomic E-state index is 0.185. The second kappa shape index (κ2) is 51.9. The second-order valence-corrected chi connectivity index (χ2v) is 21.6. The van der Waals surface area contributed by atoms with Gasteiger partial charge in [0.05, 0.1) is 18.8 Å². The number of unbranched alkanes of at least 4 members (excludes halogenated alkanes) is 46. The van der Waals surface area contributed by atoms with Crippen molar-refractivity contribution in [1.29, 1.82) is 0 Å². The highest BCUT2D eigenvalue weighted by Crippen LogP contribution is 2.36. The molecule has 64 heavy (non-hydrogen) atoms. The Balaban J connectivity index is 3.56. The normalized spacial score (nSPS) is 12.9. The zero-order valence-electron chi connectivity index (χ0n) is 43.2. The van der Waals surface area contributed by atoms with Gasteiger partial charge < -0.3 is 20.2 Å². The van der Waals surface area contributed by atoms with Gasteiger partial charge in [0, 0.05) is 6.42 Å². The molecule has 8 heteroatoms. The van der Waals surface area contributed by atoms with Gasteiger partial charge in [0.1, 0.15) is 0 Å². The van der Waals surface area contributed by atoms with Crippen molar-refractivity contribution in [1.82, 2.24) is 5.32 Å². The van der Waals surface area contributed by atoms with Crippen LogP contribution in [0.2, 0.25) is 0 Å². The maximum Gasteiger partial charge on any atom is 0.469 e. The first-order valence-electron chi connectivity index (χ1n) is 29.0. The Labute approximate surface area is 400 Å². The number of phosphoric ester groups is 1. The smallest absolute Gasteiger partial charge is 0.391 e. The predicted octanol–water partition coefficient (Wildman–Crippen LogP) is 18.5. The molecule has 0 aliphatic heterocycles. The van der Waals surface area contributed by atoms with Crippen LogP contribution in [0.5, 0.6) is 0 Å². The van der Waals surface area contributed by atoms with Crippen LogP contribution in [0.4, 0.5) is 0 Å². The number of hydrogen-bond acceptors (Lipinski definition) is 4. The molecule has 0 rings (SSSR count). The number of amides is 1. The summed E-state index contributed by atoms with van der Waals surface area (Å²) in [5, 5.41) is 13.6. The van der Waals surface area contributed by atoms with Gasteiger partial charge in [-0.3, -0.25) is 9.32 Å². The van der Waals surface area contributed by atoms with Gasteiger partial charge in [-0.2, -0.15) is 0 Å². The average molecular weight is 929 g/mol. The second-order valence-electron chi connectivity index (χ2n) is 20.3. The molecule has 0 unspecified atom stereocenters. The van der Waals surface area contributed by atoms with E-state index in [2.05, 4.69) is 19.2 Å². The maximum absolute atomic E-state index is 12.7. The number of nitrogens with one attached hydrogen (secondary N) is 1. The van der Waals surface area contributed by atoms with Crippen LogP contribution < -0.4 is 5.32 Å². The van der Waals surface area contributed by atoms with Crippen molar-refractivity contribution in [3.05, 3.63) is 0 Å². The number of rotatable bonds is 55. The Morgan fingerprint density at radius 2 is 0.609 bits per heavy atom. The van der Waals surface area contributed by atoms with Gasteiger partial charge in [-0.25, -0.2) is 4.57 Å². The number of carbonyl (C=O) groups excluding carboxylic acids is 1. The third kappa shape index (κ3) is 52.5. The van der Waals surface area contributed by atoms with Gasteiger partial charge in [0.25, 0.3) is 0 Å². The molecule has 0 spiro atoms. The summed E-state index contributed by atoms with van der Waals surface area (Å²) >= 11 is 0. The van der Waals surface area contributed by atoms with Crippen LogP contribution in [0.25, 0.3) is 0 Å². The molecule has 0 saturated heterocycles. The molecule has 0 saturated carbocycles. The summed E-state index contributed by atoms with van der Waals surface area (Å²) in [7, 11) is -4.69. The van der Waals surface area contributed by atoms with E-state index in [-0.39, 0.29) is 5.91 Å². The zero-order chi connectivity index (χ0) is 46.7. The van der Waals surface area contributed by atoms with E-state index in [1.807, 2.05) is 0 Å². The molecule has 0 bridgehead atoms. The predicted molar refractivity (Wildman–Crippen MR) is 278 cm³/mol. The van der Waals surface area contributed by atoms with Crippen molar-refractivity contribution >= 4 is 13.7 Å². The third-order valence-corrected chi connectivity index (χ3v) is 14.3. The van der Waals surface area contributed by atoms with E-state index in [1.165, 1.54) is 270 Å². The third-order valence-electron chi connectivity index (χ3n) is 13.8. The maximum atomic E-state index is 12.7. The topological polar surface area (TPSA) is 116 Å². The molecular formula is C56H114NO6P. The molecule has 0 aromatic heterocycles. The lowest BCUT2D eigenvalue weighted by Gasteiger charge is -2.24. The Bertz CT molecular complexity index is 962. The van der Waals surface area contributed by atoms with Crippen LogP contribution in [0.3, 0.4) is 0 Å². The van der Waals surface area contributed by atoms with Crippen LogP contribution in [0, 0.1) is 0 Å². The Kier molecular flexibility index (Phi) is 51.5. The van der Waals surface area contributed by atoms with Crippen LogP contribution >= 0.6 is 7.82 Å². The minimum Gasteiger partial charge on any atom is -0.391 e. The molecule has 7 nitrogen and oxygen atoms in total. The molecular weight excluding hydrogens is 814 g/mol. The van der Waals surface area contributed by atoms with E-state index in [4.69, 9.17) is 4.52 Å². The largest absolute Gasteiger partial charge is 0.469 e. The van der Waals surface area contributed by atoms with Crippen LogP contribution in [-0.2, 0) is 13.9 Å². The molecule has 0 aromatic carbocycles. The van der Waals surface area contributed by atoms with Gasteiger partial charge in [0.15, 0.2) is 0 Å². The fourth-order valence-electron chi connectivity index (χ4n) is 9.47. The van der Waals surface area contributed by atoms with Crippen LogP contribution in [-0.4, -0.2) is 39.6 Å². The number of hydrogen-bond donors (Lipinski definition) is 4. The van der Waals surface area contributed by atoms with Crippen molar-refractivity contribution in [2.75, 3.05) is 6.61 Å². The van der Waals surface area contributed by atoms with Crippen molar-refractivity contribution in [2.24, 2.45) is 0 Å². The van der Waals surface area contributed by atoms with E-state index in [0.717, 1.165) is 38.5 Å². The summed E-state index contributed by atoms with van der Waals surface area (Å²) in [5.74, 6) is -0.185. The summed E-state index contributed by atoms with van der Waals surface area (Å²) in [4.78, 5) is 31.1. The van der Waals surface area contributed by atoms with Gasteiger partial charge in [-0.1, -0.05) is 316 Å². The molecule has 2 atom stereocenters. The Morgan fingerprint density at radius 1 is 0.391 bits per heavy atom. The molecule has 1 amide bonds. The number of aliphatic hydroxyl groups excluding tert-OH is 1. The lowest BCUT2D eigenvalue weighted by Crippen LogP contribution is -2.46. The van der Waals surface area contributed by atoms with Crippen molar-refractivity contribution in [2.45, 2.75) is 347 Å². The fourth-order valence-corrected chi connectivity index (χ4v) is 9.82. The van der Waals surface area contributed by atoms with Gasteiger partial charge in [0.2, 0.25) is 5.91 Å². The fraction of sp³-hybridized carbons (Fsp3) is 0.982. The Morgan fingerprint density at radius 3 is 0.844 bits per heavy atom. The lowest BCUT2D eigenvalue weighted by atomic mass is 10.0. The number of aliphatic hydroxyl groups is 1. The van der Waals surface area contributed by atoms with Crippen molar-refractivity contribution in [3.8, 4) is 0 Å². The zero-order valence-corrected chi connectivity index (χ0v) is 44.1. The van der Waals surface area contributed by atoms with E-state index >= 15 is 0 Å². The average Bonchev–Trinajstić information content (AvgIpc) is 3.27. The van der Waals surface area contributed by atoms with Crippen LogP contribution in [0.1, 0.15) is 335 Å². The highest BCUT2D eigenvalue weighted by Gasteiger charge is 2.25. The standard InChI is InChI=1S/C56H114NO6P/c1-3-5-7-9-11-13-15-17-18-19-20-21-22-23-24-25-26-27-28-29-30-31-32-33-34-35-36-37-38-40-42-44-46-48-50-52-56(59)57-54(53-63-64(60,61)62)55(58)51-49-47-45-43-41-39-16-14-12-10-8-6-4-2/h54-55,58H,3-53H2,1-2H3,(H,57,59)(H2,60,61,62)/t54-,55+/m0/s1. The summed E-state index contributed by atoms with van der Waals surface area (Å²) in [6.07, 6.45) is 64.4. The van der Waals surface area contributed by atoms with E-state index in [1.54, 1.807) is 0 Å². The Hall–Kier alpha value is -0.460. The monoisotopic (exact) mass is 928 g/mol. The van der Waals surface area contributed by atoms with Gasteiger partial charge >= 0.3 is 7.82 Å². The van der Waals surface area contributed by atoms with Crippen molar-refractivity contribution in [3.63, 3.8) is 0 Å². The summed E-state index contributed by atoms with van der Waals surface area (Å²) in [6, 6.07) is -0.819. The molecule has 0 heterocycles. The minimum atomic E-state index is -4.69. The van der Waals surface area contributed by atoms with Gasteiger partial charge in [-0.05, 0) is 12.8 Å². The highest BCUT2D eigenvalue weighted by atomic mass is 31.2. The molecule has 0 aromatic rings. The SMILES string of the molecule is CCCCCCCCCCCCCCCCCCCCCCCCCCCCCCCCCCCCCC(=O)N[C@@H](COP(=O)(O)O)[C@H](O)CCCCCCCCCCCCCCC. The molecule has 0 fully saturated rings. The highest BCUT2D eigenvalue weighted by molar-refractivity contribution is 7.46. The quantitative estimate of drug-likeness (QED) is 0.0357. The van der Waals surface area contributed by atoms with Crippen LogP contribution in [0.15, 0.2) is 0 Å². The van der Waals surface area contributed by atoms with Gasteiger partial charge in [-0.15, -0.1) is 0 Å². The number of phosphoric acid groups is 1.